The molecule has 2 aromatic rings. The largest absolute Gasteiger partial charge is 0.872 e. The first-order chi connectivity index (χ1) is 10.1. The van der Waals surface area contributed by atoms with E-state index in [1.807, 2.05) is 0 Å². The molecule has 0 saturated carbocycles. The van der Waals surface area contributed by atoms with Gasteiger partial charge in [-0.1, -0.05) is 48.2 Å². The van der Waals surface area contributed by atoms with Gasteiger partial charge in [0.15, 0.2) is 0 Å². The van der Waals surface area contributed by atoms with Gasteiger partial charge in [0, 0.05) is 11.1 Å². The van der Waals surface area contributed by atoms with E-state index in [9.17, 15) is 14.7 Å². The lowest BCUT2D eigenvalue weighted by molar-refractivity contribution is -0.268. The molecular formula is C15H11N2O4-. The van der Waals surface area contributed by atoms with Crippen molar-refractivity contribution in [2.75, 3.05) is 0 Å². The van der Waals surface area contributed by atoms with E-state index in [0.717, 1.165) is 0 Å². The van der Waals surface area contributed by atoms with Crippen LogP contribution in [0.1, 0.15) is 26.3 Å². The second-order valence-corrected chi connectivity index (χ2v) is 4.09. The Morgan fingerprint density at radius 3 is 2.33 bits per heavy atom. The zero-order chi connectivity index (χ0) is 15.2. The third-order valence-electron chi connectivity index (χ3n) is 2.69. The maximum Gasteiger partial charge on any atom is 0.336 e. The summed E-state index contributed by atoms with van der Waals surface area (Å²) in [5.41, 5.74) is 2.58. The fourth-order valence-corrected chi connectivity index (χ4v) is 1.68. The highest BCUT2D eigenvalue weighted by molar-refractivity contribution is 6.00. The van der Waals surface area contributed by atoms with Gasteiger partial charge in [0.1, 0.15) is 0 Å². The van der Waals surface area contributed by atoms with Crippen LogP contribution >= 0.6 is 0 Å². The number of nitrogens with one attached hydrogen (secondary N) is 1. The van der Waals surface area contributed by atoms with Crippen LogP contribution in [0, 0.1) is 0 Å². The summed E-state index contributed by atoms with van der Waals surface area (Å²) >= 11 is 0. The number of hydrogen-bond donors (Lipinski definition) is 2. The molecule has 0 fully saturated rings. The first-order valence-corrected chi connectivity index (χ1v) is 6.01. The maximum atomic E-state index is 11.7. The van der Waals surface area contributed by atoms with E-state index in [-0.39, 0.29) is 11.1 Å². The lowest BCUT2D eigenvalue weighted by Gasteiger charge is -2.10. The number of amides is 1. The van der Waals surface area contributed by atoms with Crippen LogP contribution in [0.4, 0.5) is 0 Å². The van der Waals surface area contributed by atoms with E-state index in [1.54, 1.807) is 24.3 Å². The van der Waals surface area contributed by atoms with Crippen molar-refractivity contribution >= 4 is 18.1 Å². The molecule has 21 heavy (non-hydrogen) atoms. The summed E-state index contributed by atoms with van der Waals surface area (Å²) in [5.74, 6) is -2.14. The Morgan fingerprint density at radius 1 is 1.05 bits per heavy atom. The molecule has 0 atom stereocenters. The van der Waals surface area contributed by atoms with Crippen LogP contribution in [0.3, 0.4) is 0 Å². The highest BCUT2D eigenvalue weighted by Crippen LogP contribution is 2.11. The van der Waals surface area contributed by atoms with Gasteiger partial charge in [0.05, 0.1) is 11.8 Å². The third kappa shape index (κ3) is 3.44. The zero-order valence-electron chi connectivity index (χ0n) is 10.8. The summed E-state index contributed by atoms with van der Waals surface area (Å²) in [7, 11) is 0. The Balaban J connectivity index is 2.12. The Hall–Kier alpha value is -3.15. The Labute approximate surface area is 120 Å². The summed E-state index contributed by atoms with van der Waals surface area (Å²) in [6.07, 6.45) is 1.22. The van der Waals surface area contributed by atoms with Crippen LogP contribution in [0.15, 0.2) is 53.6 Å². The lowest BCUT2D eigenvalue weighted by atomic mass is 10.1. The van der Waals surface area contributed by atoms with Gasteiger partial charge in [-0.15, -0.1) is 0 Å². The van der Waals surface area contributed by atoms with Crippen molar-refractivity contribution in [2.45, 2.75) is 0 Å². The molecule has 0 heterocycles. The minimum atomic E-state index is -1.09. The summed E-state index contributed by atoms with van der Waals surface area (Å²) < 4.78 is 0. The minimum absolute atomic E-state index is 0.0267. The molecule has 0 aliphatic carbocycles. The monoisotopic (exact) mass is 283 g/mol. The molecule has 6 heteroatoms. The summed E-state index contributed by atoms with van der Waals surface area (Å²) in [5, 5.41) is 24.1. The molecule has 0 aromatic heterocycles. The molecule has 2 rings (SSSR count). The highest BCUT2D eigenvalue weighted by Gasteiger charge is 2.07. The van der Waals surface area contributed by atoms with Crippen molar-refractivity contribution in [1.29, 1.82) is 0 Å². The maximum absolute atomic E-state index is 11.7. The van der Waals surface area contributed by atoms with Gasteiger partial charge in [0.2, 0.25) is 0 Å². The third-order valence-corrected chi connectivity index (χ3v) is 2.69. The number of hydrazone groups is 1. The van der Waals surface area contributed by atoms with Crippen molar-refractivity contribution < 1.29 is 19.8 Å². The highest BCUT2D eigenvalue weighted by atomic mass is 16.4. The van der Waals surface area contributed by atoms with Gasteiger partial charge >= 0.3 is 5.97 Å². The summed E-state index contributed by atoms with van der Waals surface area (Å²) in [6.45, 7) is 0. The summed E-state index contributed by atoms with van der Waals surface area (Å²) in [4.78, 5) is 22.7. The summed E-state index contributed by atoms with van der Waals surface area (Å²) in [6, 6.07) is 12.0. The standard InChI is InChI=1S/C15H12N2O4/c18-13-8-4-3-7-12(13)14(19)17-16-9-10-5-1-2-6-11(10)15(20)21/h1-9,18H,(H,17,19)(H,20,21)/p-1. The molecule has 6 nitrogen and oxygen atoms in total. The SMILES string of the molecule is O=C(NN=Cc1ccccc1C(=O)O)c1ccccc1[O-]. The molecule has 106 valence electrons. The normalized spacial score (nSPS) is 10.5. The van der Waals surface area contributed by atoms with Crippen LogP contribution in [-0.2, 0) is 0 Å². The molecular weight excluding hydrogens is 272 g/mol. The number of nitrogens with zero attached hydrogens (tertiary/aromatic N) is 1. The van der Waals surface area contributed by atoms with Crippen LogP contribution in [0.25, 0.3) is 0 Å². The van der Waals surface area contributed by atoms with Gasteiger partial charge in [0.25, 0.3) is 5.91 Å². The number of carboxylic acids is 1. The van der Waals surface area contributed by atoms with Gasteiger partial charge in [-0.25, -0.2) is 10.2 Å². The Bertz CT molecular complexity index is 710. The minimum Gasteiger partial charge on any atom is -0.872 e. The van der Waals surface area contributed by atoms with Crippen molar-refractivity contribution in [3.05, 3.63) is 65.2 Å². The van der Waals surface area contributed by atoms with Crippen LogP contribution < -0.4 is 10.5 Å². The van der Waals surface area contributed by atoms with Crippen molar-refractivity contribution in [1.82, 2.24) is 5.43 Å². The fraction of sp³-hybridized carbons (Fsp3) is 0. The molecule has 0 radical (unpaired) electrons. The lowest BCUT2D eigenvalue weighted by Crippen LogP contribution is -2.19. The number of aromatic carboxylic acids is 1. The first kappa shape index (κ1) is 14.3. The predicted molar refractivity (Wildman–Crippen MR) is 74.3 cm³/mol. The van der Waals surface area contributed by atoms with Gasteiger partial charge in [-0.05, 0) is 6.07 Å². The Kier molecular flexibility index (Phi) is 4.30. The molecule has 2 aromatic carbocycles. The molecule has 0 saturated heterocycles. The molecule has 2 N–H and O–H groups in total. The average molecular weight is 283 g/mol. The van der Waals surface area contributed by atoms with E-state index < -0.39 is 17.6 Å². The average Bonchev–Trinajstić information content (AvgIpc) is 2.48. The van der Waals surface area contributed by atoms with Gasteiger partial charge < -0.3 is 10.2 Å². The van der Waals surface area contributed by atoms with Gasteiger partial charge in [-0.2, -0.15) is 5.10 Å². The van der Waals surface area contributed by atoms with E-state index in [4.69, 9.17) is 5.11 Å². The quantitative estimate of drug-likeness (QED) is 0.650. The van der Waals surface area contributed by atoms with E-state index in [0.29, 0.717) is 5.56 Å². The first-order valence-electron chi connectivity index (χ1n) is 6.01. The zero-order valence-corrected chi connectivity index (χ0v) is 10.8. The van der Waals surface area contributed by atoms with Crippen molar-refractivity contribution in [3.8, 4) is 5.75 Å². The van der Waals surface area contributed by atoms with E-state index in [2.05, 4.69) is 10.5 Å². The number of carboxylic acid groups (broad SMARTS) is 1. The number of benzene rings is 2. The number of hydrogen-bond acceptors (Lipinski definition) is 4. The fourth-order valence-electron chi connectivity index (χ4n) is 1.68. The topological polar surface area (TPSA) is 102 Å². The number of para-hydroxylation sites is 1. The van der Waals surface area contributed by atoms with Crippen LogP contribution in [0.5, 0.6) is 5.75 Å². The molecule has 0 spiro atoms. The van der Waals surface area contributed by atoms with Crippen LogP contribution in [-0.4, -0.2) is 23.2 Å². The molecule has 0 unspecified atom stereocenters. The van der Waals surface area contributed by atoms with Crippen LogP contribution in [0.2, 0.25) is 0 Å². The molecule has 1 amide bonds. The van der Waals surface area contributed by atoms with Crippen molar-refractivity contribution in [2.24, 2.45) is 5.10 Å². The number of rotatable bonds is 4. The van der Waals surface area contributed by atoms with Crippen molar-refractivity contribution in [3.63, 3.8) is 0 Å². The number of carbonyl (C=O) groups is 2. The van der Waals surface area contributed by atoms with Gasteiger partial charge in [-0.3, -0.25) is 4.79 Å². The van der Waals surface area contributed by atoms with E-state index in [1.165, 1.54) is 30.5 Å². The predicted octanol–water partition coefficient (Wildman–Crippen LogP) is 1.22. The second-order valence-electron chi connectivity index (χ2n) is 4.09. The second kappa shape index (κ2) is 6.33. The number of carbonyl (C=O) groups excluding carboxylic acids is 1. The molecule has 0 bridgehead atoms. The Morgan fingerprint density at radius 2 is 1.67 bits per heavy atom. The molecule has 0 aliphatic heterocycles. The molecule has 0 aliphatic rings. The van der Waals surface area contributed by atoms with E-state index >= 15 is 0 Å². The smallest absolute Gasteiger partial charge is 0.336 e.